The molecule has 2 aliphatic rings. The maximum absolute atomic E-state index is 13.0. The monoisotopic (exact) mass is 404 g/mol. The molecule has 1 spiro atoms. The van der Waals surface area contributed by atoms with E-state index in [1.54, 1.807) is 6.08 Å². The quantitative estimate of drug-likeness (QED) is 0.727. The van der Waals surface area contributed by atoms with Gasteiger partial charge in [-0.25, -0.2) is 0 Å². The summed E-state index contributed by atoms with van der Waals surface area (Å²) in [6.45, 7) is 11.8. The van der Waals surface area contributed by atoms with Gasteiger partial charge in [0.25, 0.3) is 11.5 Å². The van der Waals surface area contributed by atoms with Gasteiger partial charge in [-0.05, 0) is 74.4 Å². The molecule has 2 aromatic rings. The molecule has 0 radical (unpaired) electrons. The van der Waals surface area contributed by atoms with Crippen molar-refractivity contribution in [3.63, 3.8) is 0 Å². The molecule has 1 fully saturated rings. The SMILES string of the molecule is C=CC(=C)c1cc(C(=O)NCc2c(C)cc(C)[nH]c2=O)cc2c1OC1(CCCC1)C2. The Bertz CT molecular complexity index is 1100. The van der Waals surface area contributed by atoms with Crippen LogP contribution in [0.1, 0.15) is 64.0 Å². The maximum Gasteiger partial charge on any atom is 0.253 e. The van der Waals surface area contributed by atoms with Crippen LogP contribution in [0.4, 0.5) is 0 Å². The predicted molar refractivity (Wildman–Crippen MR) is 119 cm³/mol. The molecule has 2 heterocycles. The fourth-order valence-corrected chi connectivity index (χ4v) is 4.69. The molecule has 2 N–H and O–H groups in total. The van der Waals surface area contributed by atoms with E-state index in [0.29, 0.717) is 11.1 Å². The highest BCUT2D eigenvalue weighted by Gasteiger charge is 2.43. The number of carbonyl (C=O) groups excluding carboxylic acids is 1. The number of pyridine rings is 1. The molecule has 5 nitrogen and oxygen atoms in total. The molecule has 1 aromatic carbocycles. The number of aryl methyl sites for hydroxylation is 2. The normalized spacial score (nSPS) is 16.2. The fraction of sp³-hybridized carbons (Fsp3) is 0.360. The van der Waals surface area contributed by atoms with Crippen LogP contribution in [0, 0.1) is 13.8 Å². The number of hydrogen-bond acceptors (Lipinski definition) is 3. The molecular weight excluding hydrogens is 376 g/mol. The molecule has 156 valence electrons. The van der Waals surface area contributed by atoms with Crippen molar-refractivity contribution in [2.75, 3.05) is 0 Å². The van der Waals surface area contributed by atoms with E-state index in [2.05, 4.69) is 23.5 Å². The Kier molecular flexibility index (Phi) is 5.14. The first-order valence-corrected chi connectivity index (χ1v) is 10.5. The number of nitrogens with one attached hydrogen (secondary N) is 2. The summed E-state index contributed by atoms with van der Waals surface area (Å²) in [4.78, 5) is 28.0. The second kappa shape index (κ2) is 7.63. The third-order valence-electron chi connectivity index (χ3n) is 6.29. The number of fused-ring (bicyclic) bond motifs is 1. The molecule has 0 atom stereocenters. The van der Waals surface area contributed by atoms with E-state index in [9.17, 15) is 9.59 Å². The van der Waals surface area contributed by atoms with E-state index in [1.165, 1.54) is 12.8 Å². The zero-order chi connectivity index (χ0) is 21.5. The van der Waals surface area contributed by atoms with Crippen LogP contribution in [0.2, 0.25) is 0 Å². The van der Waals surface area contributed by atoms with Gasteiger partial charge >= 0.3 is 0 Å². The van der Waals surface area contributed by atoms with Crippen LogP contribution < -0.4 is 15.6 Å². The van der Waals surface area contributed by atoms with Crippen LogP contribution in [0.5, 0.6) is 5.75 Å². The number of aromatic amines is 1. The summed E-state index contributed by atoms with van der Waals surface area (Å²) < 4.78 is 6.43. The minimum Gasteiger partial charge on any atom is -0.486 e. The van der Waals surface area contributed by atoms with Crippen molar-refractivity contribution in [1.82, 2.24) is 10.3 Å². The minimum atomic E-state index is -0.220. The third kappa shape index (κ3) is 3.60. The summed E-state index contributed by atoms with van der Waals surface area (Å²) >= 11 is 0. The number of rotatable bonds is 5. The van der Waals surface area contributed by atoms with E-state index in [0.717, 1.165) is 53.0 Å². The van der Waals surface area contributed by atoms with Crippen LogP contribution >= 0.6 is 0 Å². The minimum absolute atomic E-state index is 0.139. The first-order valence-electron chi connectivity index (χ1n) is 10.5. The Morgan fingerprint density at radius 3 is 2.67 bits per heavy atom. The molecule has 1 aliphatic heterocycles. The number of benzene rings is 1. The molecule has 1 amide bonds. The Morgan fingerprint density at radius 2 is 2.00 bits per heavy atom. The van der Waals surface area contributed by atoms with Crippen LogP contribution in [-0.4, -0.2) is 16.5 Å². The molecule has 1 saturated carbocycles. The molecule has 0 saturated heterocycles. The number of amides is 1. The first-order chi connectivity index (χ1) is 14.3. The third-order valence-corrected chi connectivity index (χ3v) is 6.29. The van der Waals surface area contributed by atoms with Crippen molar-refractivity contribution in [2.24, 2.45) is 0 Å². The highest BCUT2D eigenvalue weighted by atomic mass is 16.5. The van der Waals surface area contributed by atoms with Crippen LogP contribution in [0.15, 0.2) is 42.2 Å². The lowest BCUT2D eigenvalue weighted by molar-refractivity contribution is 0.0950. The maximum atomic E-state index is 13.0. The second-order valence-electron chi connectivity index (χ2n) is 8.54. The predicted octanol–water partition coefficient (Wildman–Crippen LogP) is 4.37. The lowest BCUT2D eigenvalue weighted by Gasteiger charge is -2.23. The Hall–Kier alpha value is -3.08. The smallest absolute Gasteiger partial charge is 0.253 e. The molecule has 0 unspecified atom stereocenters. The zero-order valence-corrected chi connectivity index (χ0v) is 17.7. The van der Waals surface area contributed by atoms with Gasteiger partial charge in [-0.15, -0.1) is 0 Å². The van der Waals surface area contributed by atoms with Crippen molar-refractivity contribution >= 4 is 11.5 Å². The van der Waals surface area contributed by atoms with Crippen molar-refractivity contribution in [2.45, 2.75) is 58.1 Å². The van der Waals surface area contributed by atoms with Crippen molar-refractivity contribution in [1.29, 1.82) is 0 Å². The van der Waals surface area contributed by atoms with Crippen LogP contribution in [-0.2, 0) is 13.0 Å². The topological polar surface area (TPSA) is 71.2 Å². The van der Waals surface area contributed by atoms with E-state index in [1.807, 2.05) is 32.0 Å². The molecular formula is C25H28N2O3. The summed E-state index contributed by atoms with van der Waals surface area (Å²) in [6.07, 6.45) is 6.93. The van der Waals surface area contributed by atoms with E-state index < -0.39 is 0 Å². The highest BCUT2D eigenvalue weighted by Crippen LogP contribution is 2.47. The van der Waals surface area contributed by atoms with E-state index in [-0.39, 0.29) is 23.6 Å². The van der Waals surface area contributed by atoms with Gasteiger partial charge in [0.2, 0.25) is 0 Å². The number of hydrogen-bond donors (Lipinski definition) is 2. The highest BCUT2D eigenvalue weighted by molar-refractivity contribution is 5.96. The molecule has 4 rings (SSSR count). The van der Waals surface area contributed by atoms with Gasteiger partial charge in [-0.3, -0.25) is 9.59 Å². The van der Waals surface area contributed by atoms with Gasteiger partial charge in [0.05, 0.1) is 0 Å². The number of allylic oxidation sites excluding steroid dienone is 2. The summed E-state index contributed by atoms with van der Waals surface area (Å²) in [5.74, 6) is 0.617. The van der Waals surface area contributed by atoms with Crippen molar-refractivity contribution in [3.05, 3.63) is 81.3 Å². The van der Waals surface area contributed by atoms with E-state index in [4.69, 9.17) is 4.74 Å². The summed E-state index contributed by atoms with van der Waals surface area (Å²) in [5, 5.41) is 2.90. The number of aromatic nitrogens is 1. The average Bonchev–Trinajstić information content (AvgIpc) is 3.31. The first kappa shape index (κ1) is 20.2. The van der Waals surface area contributed by atoms with Gasteiger partial charge in [-0.1, -0.05) is 19.2 Å². The summed E-state index contributed by atoms with van der Waals surface area (Å²) in [6, 6.07) is 5.64. The van der Waals surface area contributed by atoms with E-state index >= 15 is 0 Å². The Balaban J connectivity index is 1.62. The number of H-pyrrole nitrogens is 1. The molecule has 0 bridgehead atoms. The lowest BCUT2D eigenvalue weighted by atomic mass is 9.92. The Labute approximate surface area is 176 Å². The van der Waals surface area contributed by atoms with Crippen molar-refractivity contribution in [3.8, 4) is 5.75 Å². The van der Waals surface area contributed by atoms with Gasteiger partial charge in [0.1, 0.15) is 11.4 Å². The van der Waals surface area contributed by atoms with Gasteiger partial charge in [0.15, 0.2) is 0 Å². The second-order valence-corrected chi connectivity index (χ2v) is 8.54. The summed E-state index contributed by atoms with van der Waals surface area (Å²) in [5.41, 5.74) is 5.08. The van der Waals surface area contributed by atoms with Gasteiger partial charge < -0.3 is 15.0 Å². The van der Waals surface area contributed by atoms with Gasteiger partial charge in [-0.2, -0.15) is 0 Å². The lowest BCUT2D eigenvalue weighted by Crippen LogP contribution is -2.30. The molecule has 1 aliphatic carbocycles. The molecule has 5 heteroatoms. The number of carbonyl (C=O) groups is 1. The zero-order valence-electron chi connectivity index (χ0n) is 17.7. The van der Waals surface area contributed by atoms with Crippen molar-refractivity contribution < 1.29 is 9.53 Å². The summed E-state index contributed by atoms with van der Waals surface area (Å²) in [7, 11) is 0. The van der Waals surface area contributed by atoms with Crippen LogP contribution in [0.25, 0.3) is 5.57 Å². The number of ether oxygens (including phenoxy) is 1. The fourth-order valence-electron chi connectivity index (χ4n) is 4.69. The largest absolute Gasteiger partial charge is 0.486 e. The molecule has 30 heavy (non-hydrogen) atoms. The van der Waals surface area contributed by atoms with Crippen LogP contribution in [0.3, 0.4) is 0 Å². The average molecular weight is 405 g/mol. The van der Waals surface area contributed by atoms with Gasteiger partial charge in [0, 0.05) is 35.3 Å². The Morgan fingerprint density at radius 1 is 1.27 bits per heavy atom. The molecule has 1 aromatic heterocycles. The standard InChI is InChI=1S/C25H28N2O3/c1-5-15(2)20-12-18(11-19-13-25(30-22(19)20)8-6-7-9-25)23(28)26-14-21-16(3)10-17(4)27-24(21)29/h5,10-12H,1-2,6-9,13-14H2,3-4H3,(H,26,28)(H,27,29).